The number of allylic oxidation sites excluding steroid dienone is 1. The van der Waals surface area contributed by atoms with Crippen molar-refractivity contribution in [2.75, 3.05) is 13.1 Å². The Morgan fingerprint density at radius 2 is 2.18 bits per heavy atom. The smallest absolute Gasteiger partial charge is 0.110 e. The predicted octanol–water partition coefficient (Wildman–Crippen LogP) is 0.821. The van der Waals surface area contributed by atoms with E-state index in [2.05, 4.69) is 11.4 Å². The van der Waals surface area contributed by atoms with Crippen LogP contribution in [-0.4, -0.2) is 23.8 Å². The molecule has 0 unspecified atom stereocenters. The topological polar surface area (TPSA) is 32.3 Å². The summed E-state index contributed by atoms with van der Waals surface area (Å²) in [5.41, 5.74) is 0.822. The molecule has 1 aliphatic heterocycles. The van der Waals surface area contributed by atoms with Crippen molar-refractivity contribution in [2.24, 2.45) is 0 Å². The average molecular weight is 153 g/mol. The van der Waals surface area contributed by atoms with E-state index >= 15 is 0 Å². The molecule has 2 nitrogen and oxygen atoms in total. The summed E-state index contributed by atoms with van der Waals surface area (Å²) in [6.45, 7) is 1.53. The molecular weight excluding hydrogens is 138 g/mol. The first kappa shape index (κ1) is 7.32. The van der Waals surface area contributed by atoms with E-state index in [1.54, 1.807) is 0 Å². The molecule has 0 bridgehead atoms. The van der Waals surface area contributed by atoms with Gasteiger partial charge in [-0.05, 0) is 31.3 Å². The molecule has 2 rings (SSSR count). The summed E-state index contributed by atoms with van der Waals surface area (Å²) >= 11 is 0. The Labute approximate surface area is 67.3 Å². The third kappa shape index (κ3) is 1.21. The summed E-state index contributed by atoms with van der Waals surface area (Å²) in [4.78, 5) is 0. The molecule has 0 saturated carbocycles. The van der Waals surface area contributed by atoms with Gasteiger partial charge in [0.05, 0.1) is 0 Å². The van der Waals surface area contributed by atoms with E-state index in [-0.39, 0.29) is 0 Å². The van der Waals surface area contributed by atoms with Crippen molar-refractivity contribution in [3.63, 3.8) is 0 Å². The van der Waals surface area contributed by atoms with Crippen LogP contribution in [0.5, 0.6) is 0 Å². The maximum Gasteiger partial charge on any atom is 0.110 e. The van der Waals surface area contributed by atoms with E-state index in [1.807, 2.05) is 0 Å². The summed E-state index contributed by atoms with van der Waals surface area (Å²) in [5, 5.41) is 13.0. The molecule has 62 valence electrons. The Hall–Kier alpha value is -0.340. The van der Waals surface area contributed by atoms with Gasteiger partial charge in [-0.1, -0.05) is 6.08 Å². The van der Waals surface area contributed by atoms with E-state index in [0.717, 1.165) is 25.9 Å². The second kappa shape index (κ2) is 2.61. The lowest BCUT2D eigenvalue weighted by atomic mass is 9.82. The maximum absolute atomic E-state index is 9.90. The molecule has 2 N–H and O–H groups in total. The predicted molar refractivity (Wildman–Crippen MR) is 44.4 cm³/mol. The van der Waals surface area contributed by atoms with Crippen molar-refractivity contribution in [3.8, 4) is 0 Å². The van der Waals surface area contributed by atoms with E-state index in [9.17, 15) is 5.11 Å². The fourth-order valence-corrected chi connectivity index (χ4v) is 1.85. The van der Waals surface area contributed by atoms with Gasteiger partial charge in [-0.15, -0.1) is 0 Å². The van der Waals surface area contributed by atoms with Gasteiger partial charge in [0.2, 0.25) is 0 Å². The van der Waals surface area contributed by atoms with Crippen molar-refractivity contribution < 1.29 is 5.11 Å². The third-order valence-corrected chi connectivity index (χ3v) is 2.72. The van der Waals surface area contributed by atoms with Crippen LogP contribution in [-0.2, 0) is 0 Å². The first-order chi connectivity index (χ1) is 5.31. The van der Waals surface area contributed by atoms with Gasteiger partial charge in [-0.25, -0.2) is 0 Å². The van der Waals surface area contributed by atoms with Gasteiger partial charge in [-0.3, -0.25) is 0 Å². The monoisotopic (exact) mass is 153 g/mol. The van der Waals surface area contributed by atoms with Crippen LogP contribution in [0.1, 0.15) is 25.7 Å². The van der Waals surface area contributed by atoms with Crippen molar-refractivity contribution in [3.05, 3.63) is 11.6 Å². The Morgan fingerprint density at radius 3 is 2.64 bits per heavy atom. The summed E-state index contributed by atoms with van der Waals surface area (Å²) < 4.78 is 0. The third-order valence-electron chi connectivity index (χ3n) is 2.72. The van der Waals surface area contributed by atoms with Crippen LogP contribution in [0.3, 0.4) is 0 Å². The first-order valence-electron chi connectivity index (χ1n) is 4.44. The number of rotatable bonds is 1. The minimum atomic E-state index is -0.458. The number of hydrogen-bond donors (Lipinski definition) is 2. The summed E-state index contributed by atoms with van der Waals surface area (Å²) in [5.74, 6) is 0. The highest BCUT2D eigenvalue weighted by atomic mass is 16.3. The van der Waals surface area contributed by atoms with Gasteiger partial charge in [-0.2, -0.15) is 0 Å². The fourth-order valence-electron chi connectivity index (χ4n) is 1.85. The summed E-state index contributed by atoms with van der Waals surface area (Å²) in [6.07, 6.45) is 7.06. The van der Waals surface area contributed by atoms with Gasteiger partial charge < -0.3 is 10.4 Å². The first-order valence-corrected chi connectivity index (χ1v) is 4.44. The molecule has 1 saturated heterocycles. The molecular formula is C9H15NO. The molecule has 2 aliphatic rings. The van der Waals surface area contributed by atoms with E-state index in [4.69, 9.17) is 0 Å². The fraction of sp³-hybridized carbons (Fsp3) is 0.778. The number of β-amino-alcohol motifs (C(OH)–C–C–N with tert-alkyl or cyclic N) is 1. The van der Waals surface area contributed by atoms with Gasteiger partial charge in [0.25, 0.3) is 0 Å². The Morgan fingerprint density at radius 1 is 1.36 bits per heavy atom. The molecule has 0 radical (unpaired) electrons. The number of hydrogen-bond acceptors (Lipinski definition) is 2. The Bertz CT molecular complexity index is 182. The van der Waals surface area contributed by atoms with Gasteiger partial charge in [0, 0.05) is 13.1 Å². The summed E-state index contributed by atoms with van der Waals surface area (Å²) in [6, 6.07) is 0. The Kier molecular flexibility index (Phi) is 1.74. The van der Waals surface area contributed by atoms with Crippen LogP contribution < -0.4 is 5.32 Å². The quantitative estimate of drug-likeness (QED) is 0.547. The second-order valence-electron chi connectivity index (χ2n) is 3.61. The standard InChI is InChI=1S/C9H15NO/c11-9(6-10-7-9)8-4-2-1-3-5-8/h4,10-11H,1-3,5-7H2. The van der Waals surface area contributed by atoms with Crippen molar-refractivity contribution >= 4 is 0 Å². The molecule has 1 aliphatic carbocycles. The van der Waals surface area contributed by atoms with Gasteiger partial charge >= 0.3 is 0 Å². The lowest BCUT2D eigenvalue weighted by Gasteiger charge is -2.41. The van der Waals surface area contributed by atoms with E-state index < -0.39 is 5.60 Å². The van der Waals surface area contributed by atoms with Crippen molar-refractivity contribution in [1.82, 2.24) is 5.32 Å². The van der Waals surface area contributed by atoms with Crippen LogP contribution in [0.15, 0.2) is 11.6 Å². The minimum absolute atomic E-state index is 0.458. The highest BCUT2D eigenvalue weighted by Crippen LogP contribution is 2.29. The van der Waals surface area contributed by atoms with Crippen molar-refractivity contribution in [2.45, 2.75) is 31.3 Å². The van der Waals surface area contributed by atoms with E-state index in [0.29, 0.717) is 0 Å². The van der Waals surface area contributed by atoms with Crippen LogP contribution in [0.2, 0.25) is 0 Å². The van der Waals surface area contributed by atoms with Crippen LogP contribution in [0.4, 0.5) is 0 Å². The second-order valence-corrected chi connectivity index (χ2v) is 3.61. The average Bonchev–Trinajstić information content (AvgIpc) is 2.02. The van der Waals surface area contributed by atoms with Gasteiger partial charge in [0.1, 0.15) is 5.60 Å². The van der Waals surface area contributed by atoms with Gasteiger partial charge in [0.15, 0.2) is 0 Å². The molecule has 0 aromatic rings. The SMILES string of the molecule is OC1(C2=CCCCC2)CNC1. The molecule has 0 aromatic heterocycles. The largest absolute Gasteiger partial charge is 0.383 e. The molecule has 0 amide bonds. The summed E-state index contributed by atoms with van der Waals surface area (Å²) in [7, 11) is 0. The molecule has 0 aromatic carbocycles. The normalized spacial score (nSPS) is 29.0. The molecule has 1 heterocycles. The Balaban J connectivity index is 2.07. The number of aliphatic hydroxyl groups is 1. The lowest BCUT2D eigenvalue weighted by Crippen LogP contribution is -2.60. The highest BCUT2D eigenvalue weighted by Gasteiger charge is 2.37. The zero-order valence-corrected chi connectivity index (χ0v) is 6.77. The van der Waals surface area contributed by atoms with Crippen LogP contribution in [0.25, 0.3) is 0 Å². The molecule has 11 heavy (non-hydrogen) atoms. The van der Waals surface area contributed by atoms with E-state index in [1.165, 1.54) is 18.4 Å². The molecule has 2 heteroatoms. The number of nitrogens with one attached hydrogen (secondary N) is 1. The molecule has 0 atom stereocenters. The zero-order chi connectivity index (χ0) is 7.73. The van der Waals surface area contributed by atoms with Crippen LogP contribution >= 0.6 is 0 Å². The lowest BCUT2D eigenvalue weighted by molar-refractivity contribution is 0.0214. The van der Waals surface area contributed by atoms with Crippen LogP contribution in [0, 0.1) is 0 Å². The zero-order valence-electron chi connectivity index (χ0n) is 6.77. The molecule has 0 spiro atoms. The highest BCUT2D eigenvalue weighted by molar-refractivity contribution is 5.23. The van der Waals surface area contributed by atoms with Crippen molar-refractivity contribution in [1.29, 1.82) is 0 Å². The minimum Gasteiger partial charge on any atom is -0.383 e. The molecule has 1 fully saturated rings. The maximum atomic E-state index is 9.90.